The fraction of sp³-hybridized carbons (Fsp3) is 0.250. The fourth-order valence-corrected chi connectivity index (χ4v) is 3.03. The molecule has 0 saturated heterocycles. The van der Waals surface area contributed by atoms with Crippen LogP contribution in [-0.4, -0.2) is 9.37 Å². The zero-order chi connectivity index (χ0) is 13.1. The highest BCUT2D eigenvalue weighted by Gasteiger charge is 2.12. The van der Waals surface area contributed by atoms with Crippen LogP contribution < -0.4 is 0 Å². The first kappa shape index (κ1) is 13.2. The van der Waals surface area contributed by atoms with Crippen LogP contribution >= 0.6 is 11.6 Å². The Hall–Kier alpha value is -1.20. The number of rotatable bonds is 4. The summed E-state index contributed by atoms with van der Waals surface area (Å²) in [5.41, 5.74) is 0.871. The lowest BCUT2D eigenvalue weighted by molar-refractivity contribution is 0.392. The van der Waals surface area contributed by atoms with Crippen LogP contribution in [0, 0.1) is 12.7 Å². The minimum atomic E-state index is -1.28. The highest BCUT2D eigenvalue weighted by Crippen LogP contribution is 2.21. The van der Waals surface area contributed by atoms with Gasteiger partial charge in [0.05, 0.1) is 17.2 Å². The van der Waals surface area contributed by atoms with Crippen molar-refractivity contribution in [2.75, 3.05) is 0 Å². The fourth-order valence-electron chi connectivity index (χ4n) is 1.53. The molecule has 0 radical (unpaired) electrons. The van der Waals surface area contributed by atoms with Gasteiger partial charge < -0.3 is 4.52 Å². The van der Waals surface area contributed by atoms with E-state index >= 15 is 0 Å². The van der Waals surface area contributed by atoms with Crippen LogP contribution in [0.15, 0.2) is 28.8 Å². The van der Waals surface area contributed by atoms with E-state index in [0.29, 0.717) is 16.5 Å². The highest BCUT2D eigenvalue weighted by molar-refractivity contribution is 7.83. The molecule has 18 heavy (non-hydrogen) atoms. The van der Waals surface area contributed by atoms with E-state index in [0.717, 1.165) is 0 Å². The average Bonchev–Trinajstić information content (AvgIpc) is 2.69. The minimum absolute atomic E-state index is 0.0669. The van der Waals surface area contributed by atoms with E-state index in [4.69, 9.17) is 16.1 Å². The monoisotopic (exact) mass is 287 g/mol. The van der Waals surface area contributed by atoms with Gasteiger partial charge in [-0.2, -0.15) is 0 Å². The Bertz CT molecular complexity index is 565. The molecule has 96 valence electrons. The van der Waals surface area contributed by atoms with E-state index in [1.54, 1.807) is 19.1 Å². The van der Waals surface area contributed by atoms with Gasteiger partial charge in [0, 0.05) is 27.5 Å². The van der Waals surface area contributed by atoms with Crippen LogP contribution in [0.25, 0.3) is 0 Å². The molecular weight excluding hydrogens is 277 g/mol. The summed E-state index contributed by atoms with van der Waals surface area (Å²) in [7, 11) is -1.28. The third-order valence-corrected chi connectivity index (χ3v) is 3.94. The second-order valence-electron chi connectivity index (χ2n) is 3.86. The van der Waals surface area contributed by atoms with E-state index in [1.165, 1.54) is 12.1 Å². The topological polar surface area (TPSA) is 43.1 Å². The minimum Gasteiger partial charge on any atom is -0.361 e. The van der Waals surface area contributed by atoms with Crippen LogP contribution in [0.2, 0.25) is 5.02 Å². The van der Waals surface area contributed by atoms with Gasteiger partial charge in [0.2, 0.25) is 0 Å². The Morgan fingerprint density at radius 2 is 2.22 bits per heavy atom. The first-order valence-corrected chi connectivity index (χ1v) is 7.13. The molecule has 1 atom stereocenters. The van der Waals surface area contributed by atoms with Crippen molar-refractivity contribution in [2.24, 2.45) is 0 Å². The molecular formula is C12H11ClFNO2S. The van der Waals surface area contributed by atoms with Gasteiger partial charge in [0.1, 0.15) is 11.6 Å². The van der Waals surface area contributed by atoms with E-state index < -0.39 is 16.6 Å². The third kappa shape index (κ3) is 3.17. The molecule has 0 aliphatic heterocycles. The molecule has 0 spiro atoms. The maximum Gasteiger partial charge on any atom is 0.133 e. The summed E-state index contributed by atoms with van der Waals surface area (Å²) in [4.78, 5) is 0. The largest absolute Gasteiger partial charge is 0.361 e. The maximum atomic E-state index is 13.5. The highest BCUT2D eigenvalue weighted by atomic mass is 35.5. The molecule has 0 fully saturated rings. The summed E-state index contributed by atoms with van der Waals surface area (Å²) >= 11 is 5.87. The van der Waals surface area contributed by atoms with Crippen LogP contribution in [0.1, 0.15) is 17.0 Å². The summed E-state index contributed by atoms with van der Waals surface area (Å²) in [6.45, 7) is 1.76. The number of halogens is 2. The molecule has 0 bridgehead atoms. The number of hydrogen-bond acceptors (Lipinski definition) is 3. The Morgan fingerprint density at radius 1 is 1.44 bits per heavy atom. The van der Waals surface area contributed by atoms with Gasteiger partial charge in [-0.25, -0.2) is 4.39 Å². The lowest BCUT2D eigenvalue weighted by Gasteiger charge is -2.04. The Labute approximate surface area is 111 Å². The van der Waals surface area contributed by atoms with Gasteiger partial charge in [-0.15, -0.1) is 0 Å². The van der Waals surface area contributed by atoms with Gasteiger partial charge in [0.25, 0.3) is 0 Å². The van der Waals surface area contributed by atoms with Gasteiger partial charge in [-0.3, -0.25) is 4.21 Å². The van der Waals surface area contributed by atoms with Crippen molar-refractivity contribution >= 4 is 22.4 Å². The molecule has 0 saturated carbocycles. The molecule has 0 unspecified atom stereocenters. The second kappa shape index (κ2) is 5.63. The van der Waals surface area contributed by atoms with Crippen molar-refractivity contribution in [1.82, 2.24) is 5.16 Å². The normalized spacial score (nSPS) is 12.6. The van der Waals surface area contributed by atoms with Crippen molar-refractivity contribution in [3.8, 4) is 0 Å². The molecule has 0 N–H and O–H groups in total. The summed E-state index contributed by atoms with van der Waals surface area (Å²) in [5, 5.41) is 4.04. The molecule has 0 aliphatic rings. The summed E-state index contributed by atoms with van der Waals surface area (Å²) in [6.07, 6.45) is 0. The standard InChI is InChI=1S/C12H11ClFNO2S/c1-8-5-9(15-17-8)6-18(16)7-10-11(13)3-2-4-12(10)14/h2-5H,6-7H2,1H3/t18-/m0/s1. The van der Waals surface area contributed by atoms with Gasteiger partial charge >= 0.3 is 0 Å². The molecule has 0 amide bonds. The van der Waals surface area contributed by atoms with E-state index in [2.05, 4.69) is 5.16 Å². The molecule has 6 heteroatoms. The average molecular weight is 288 g/mol. The molecule has 1 aromatic heterocycles. The molecule has 0 aliphatic carbocycles. The Morgan fingerprint density at radius 3 is 2.83 bits per heavy atom. The molecule has 1 aromatic carbocycles. The van der Waals surface area contributed by atoms with Gasteiger partial charge in [-0.1, -0.05) is 22.8 Å². The van der Waals surface area contributed by atoms with Crippen molar-refractivity contribution < 1.29 is 13.1 Å². The summed E-state index contributed by atoms with van der Waals surface area (Å²) < 4.78 is 30.3. The van der Waals surface area contributed by atoms with Crippen LogP contribution in [0.5, 0.6) is 0 Å². The Balaban J connectivity index is 2.08. The lowest BCUT2D eigenvalue weighted by Crippen LogP contribution is -2.02. The van der Waals surface area contributed by atoms with Crippen LogP contribution in [0.4, 0.5) is 4.39 Å². The van der Waals surface area contributed by atoms with Crippen LogP contribution in [-0.2, 0) is 22.3 Å². The first-order chi connectivity index (χ1) is 8.56. The predicted octanol–water partition coefficient (Wildman–Crippen LogP) is 3.22. The number of hydrogen-bond donors (Lipinski definition) is 0. The molecule has 2 aromatic rings. The van der Waals surface area contributed by atoms with E-state index in [9.17, 15) is 8.60 Å². The van der Waals surface area contributed by atoms with Gasteiger partial charge in [-0.05, 0) is 19.1 Å². The number of aromatic nitrogens is 1. The molecule has 3 nitrogen and oxygen atoms in total. The quantitative estimate of drug-likeness (QED) is 0.867. The number of nitrogens with zero attached hydrogens (tertiary/aromatic N) is 1. The van der Waals surface area contributed by atoms with Crippen molar-refractivity contribution in [3.05, 3.63) is 52.1 Å². The SMILES string of the molecule is Cc1cc(C[S@](=O)Cc2c(F)cccc2Cl)no1. The van der Waals surface area contributed by atoms with Crippen molar-refractivity contribution in [2.45, 2.75) is 18.4 Å². The van der Waals surface area contributed by atoms with Crippen LogP contribution in [0.3, 0.4) is 0 Å². The third-order valence-electron chi connectivity index (χ3n) is 2.35. The first-order valence-electron chi connectivity index (χ1n) is 5.26. The summed E-state index contributed by atoms with van der Waals surface area (Å²) in [5.74, 6) is 0.512. The van der Waals surface area contributed by atoms with E-state index in [-0.39, 0.29) is 17.1 Å². The van der Waals surface area contributed by atoms with Crippen molar-refractivity contribution in [3.63, 3.8) is 0 Å². The smallest absolute Gasteiger partial charge is 0.133 e. The predicted molar refractivity (Wildman–Crippen MR) is 68.2 cm³/mol. The molecule has 2 rings (SSSR count). The van der Waals surface area contributed by atoms with E-state index in [1.807, 2.05) is 0 Å². The lowest BCUT2D eigenvalue weighted by atomic mass is 10.2. The second-order valence-corrected chi connectivity index (χ2v) is 5.72. The Kier molecular flexibility index (Phi) is 4.14. The van der Waals surface area contributed by atoms with Crippen molar-refractivity contribution in [1.29, 1.82) is 0 Å². The summed E-state index contributed by atoms with van der Waals surface area (Å²) in [6, 6.07) is 6.11. The molecule has 1 heterocycles. The number of aryl methyl sites for hydroxylation is 1. The van der Waals surface area contributed by atoms with Gasteiger partial charge in [0.15, 0.2) is 0 Å². The zero-order valence-electron chi connectivity index (χ0n) is 9.65. The zero-order valence-corrected chi connectivity index (χ0v) is 11.2. The number of benzene rings is 1. The maximum absolute atomic E-state index is 13.5.